The molecule has 1 amide bonds. The van der Waals surface area contributed by atoms with Gasteiger partial charge in [-0.15, -0.1) is 0 Å². The molecule has 0 bridgehead atoms. The summed E-state index contributed by atoms with van der Waals surface area (Å²) in [6.07, 6.45) is -0.949. The molecule has 1 heterocycles. The van der Waals surface area contributed by atoms with E-state index >= 15 is 0 Å². The number of nitrogens with zero attached hydrogens (tertiary/aromatic N) is 1. The normalized spacial score (nSPS) is 23.7. The zero-order chi connectivity index (χ0) is 14.6. The van der Waals surface area contributed by atoms with Crippen molar-refractivity contribution in [3.63, 3.8) is 0 Å². The highest BCUT2D eigenvalue weighted by atomic mass is 16.5. The molecule has 3 unspecified atom stereocenters. The largest absolute Gasteiger partial charge is 0.479 e. The van der Waals surface area contributed by atoms with Crippen LogP contribution in [-0.2, 0) is 23.9 Å². The van der Waals surface area contributed by atoms with E-state index in [-0.39, 0.29) is 12.5 Å². The molecule has 3 atom stereocenters. The average Bonchev–Trinajstić information content (AvgIpc) is 2.86. The maximum Gasteiger partial charge on any atom is 0.332 e. The second kappa shape index (κ2) is 6.51. The molecule has 1 saturated heterocycles. The third-order valence-corrected chi connectivity index (χ3v) is 3.10. The number of hydrogen-bond acceptors (Lipinski definition) is 5. The first-order chi connectivity index (χ1) is 8.86. The van der Waals surface area contributed by atoms with Gasteiger partial charge < -0.3 is 19.5 Å². The van der Waals surface area contributed by atoms with Gasteiger partial charge in [0.15, 0.2) is 6.10 Å². The molecule has 0 saturated carbocycles. The smallest absolute Gasteiger partial charge is 0.332 e. The van der Waals surface area contributed by atoms with Gasteiger partial charge in [0.1, 0.15) is 6.10 Å². The van der Waals surface area contributed by atoms with Crippen molar-refractivity contribution < 1.29 is 29.0 Å². The van der Waals surface area contributed by atoms with Gasteiger partial charge in [-0.25, -0.2) is 4.79 Å². The van der Waals surface area contributed by atoms with Crippen LogP contribution in [0.25, 0.3) is 0 Å². The molecule has 108 valence electrons. The number of methoxy groups -OCH3 is 1. The summed E-state index contributed by atoms with van der Waals surface area (Å²) in [7, 11) is 2.84. The number of carboxylic acid groups (broad SMARTS) is 1. The molecule has 19 heavy (non-hydrogen) atoms. The standard InChI is InChI=1S/C12H19NO6/c1-7(12(17)18-3)6-13(2)10(14)8-4-5-9(19-8)11(15)16/h7-9H,4-6H2,1-3H3,(H,15,16). The van der Waals surface area contributed by atoms with E-state index in [0.717, 1.165) is 0 Å². The minimum atomic E-state index is -1.05. The summed E-state index contributed by atoms with van der Waals surface area (Å²) in [6, 6.07) is 0. The van der Waals surface area contributed by atoms with E-state index in [9.17, 15) is 14.4 Å². The summed E-state index contributed by atoms with van der Waals surface area (Å²) in [4.78, 5) is 35.4. The lowest BCUT2D eigenvalue weighted by atomic mass is 10.1. The van der Waals surface area contributed by atoms with Gasteiger partial charge in [-0.05, 0) is 12.8 Å². The van der Waals surface area contributed by atoms with E-state index in [1.807, 2.05) is 0 Å². The number of likely N-dealkylation sites (N-methyl/N-ethyl adjacent to an activating group) is 1. The highest BCUT2D eigenvalue weighted by Crippen LogP contribution is 2.21. The molecule has 0 aromatic carbocycles. The molecule has 7 heteroatoms. The molecule has 0 spiro atoms. The van der Waals surface area contributed by atoms with Crippen LogP contribution in [0.5, 0.6) is 0 Å². The van der Waals surface area contributed by atoms with E-state index in [1.54, 1.807) is 14.0 Å². The van der Waals surface area contributed by atoms with E-state index in [0.29, 0.717) is 12.8 Å². The molecule has 1 aliphatic heterocycles. The Kier molecular flexibility index (Phi) is 5.29. The second-order valence-corrected chi connectivity index (χ2v) is 4.67. The van der Waals surface area contributed by atoms with Crippen molar-refractivity contribution in [3.05, 3.63) is 0 Å². The van der Waals surface area contributed by atoms with Crippen LogP contribution in [0.1, 0.15) is 19.8 Å². The minimum Gasteiger partial charge on any atom is -0.479 e. The van der Waals surface area contributed by atoms with Gasteiger partial charge in [-0.1, -0.05) is 6.92 Å². The van der Waals surface area contributed by atoms with Crippen molar-refractivity contribution >= 4 is 17.8 Å². The fourth-order valence-electron chi connectivity index (χ4n) is 2.02. The van der Waals surface area contributed by atoms with Crippen LogP contribution in [0, 0.1) is 5.92 Å². The number of aliphatic carboxylic acids is 1. The Morgan fingerprint density at radius 1 is 1.37 bits per heavy atom. The maximum absolute atomic E-state index is 12.0. The van der Waals surface area contributed by atoms with Crippen LogP contribution in [-0.4, -0.2) is 60.8 Å². The minimum absolute atomic E-state index is 0.211. The molecule has 0 radical (unpaired) electrons. The molecule has 1 fully saturated rings. The van der Waals surface area contributed by atoms with Crippen LogP contribution in [0.15, 0.2) is 0 Å². The van der Waals surface area contributed by atoms with Crippen LogP contribution >= 0.6 is 0 Å². The van der Waals surface area contributed by atoms with Gasteiger partial charge in [0.25, 0.3) is 5.91 Å². The highest BCUT2D eigenvalue weighted by molar-refractivity contribution is 5.83. The second-order valence-electron chi connectivity index (χ2n) is 4.67. The molecular weight excluding hydrogens is 254 g/mol. The number of amides is 1. The van der Waals surface area contributed by atoms with Gasteiger partial charge in [-0.2, -0.15) is 0 Å². The fourth-order valence-corrected chi connectivity index (χ4v) is 2.02. The quantitative estimate of drug-likeness (QED) is 0.702. The first-order valence-corrected chi connectivity index (χ1v) is 6.07. The average molecular weight is 273 g/mol. The monoisotopic (exact) mass is 273 g/mol. The number of esters is 1. The van der Waals surface area contributed by atoms with Crippen LogP contribution in [0.3, 0.4) is 0 Å². The van der Waals surface area contributed by atoms with E-state index in [1.165, 1.54) is 12.0 Å². The zero-order valence-corrected chi connectivity index (χ0v) is 11.3. The van der Waals surface area contributed by atoms with Crippen molar-refractivity contribution in [2.75, 3.05) is 20.7 Å². The van der Waals surface area contributed by atoms with E-state index < -0.39 is 30.1 Å². The van der Waals surface area contributed by atoms with Gasteiger partial charge in [0.05, 0.1) is 13.0 Å². The number of carbonyl (C=O) groups is 3. The molecular formula is C12H19NO6. The van der Waals surface area contributed by atoms with Gasteiger partial charge in [0.2, 0.25) is 0 Å². The number of carboxylic acids is 1. The number of hydrogen-bond donors (Lipinski definition) is 1. The van der Waals surface area contributed by atoms with Gasteiger partial charge >= 0.3 is 11.9 Å². The van der Waals surface area contributed by atoms with Crippen molar-refractivity contribution in [2.24, 2.45) is 5.92 Å². The molecule has 0 aliphatic carbocycles. The fraction of sp³-hybridized carbons (Fsp3) is 0.750. The van der Waals surface area contributed by atoms with Crippen LogP contribution in [0.2, 0.25) is 0 Å². The topological polar surface area (TPSA) is 93.1 Å². The Hall–Kier alpha value is -1.63. The Balaban J connectivity index is 2.49. The summed E-state index contributed by atoms with van der Waals surface area (Å²) in [5.74, 6) is -2.19. The third-order valence-electron chi connectivity index (χ3n) is 3.10. The van der Waals surface area contributed by atoms with Crippen molar-refractivity contribution in [3.8, 4) is 0 Å². The lowest BCUT2D eigenvalue weighted by molar-refractivity contribution is -0.154. The maximum atomic E-state index is 12.0. The predicted octanol–water partition coefficient (Wildman–Crippen LogP) is -0.114. The number of ether oxygens (including phenoxy) is 2. The van der Waals surface area contributed by atoms with Crippen molar-refractivity contribution in [1.29, 1.82) is 0 Å². The van der Waals surface area contributed by atoms with E-state index in [4.69, 9.17) is 9.84 Å². The Bertz CT molecular complexity index is 369. The molecule has 1 N–H and O–H groups in total. The van der Waals surface area contributed by atoms with Gasteiger partial charge in [-0.3, -0.25) is 9.59 Å². The first kappa shape index (κ1) is 15.4. The Morgan fingerprint density at radius 3 is 2.42 bits per heavy atom. The SMILES string of the molecule is COC(=O)C(C)CN(C)C(=O)C1CCC(C(=O)O)O1. The third kappa shape index (κ3) is 3.92. The number of rotatable bonds is 5. The lowest BCUT2D eigenvalue weighted by Crippen LogP contribution is -2.40. The summed E-state index contributed by atoms with van der Waals surface area (Å²) < 4.78 is 9.75. The Labute approximate surface area is 111 Å². The Morgan fingerprint density at radius 2 is 1.95 bits per heavy atom. The molecule has 0 aromatic heterocycles. The van der Waals surface area contributed by atoms with Crippen LogP contribution in [0.4, 0.5) is 0 Å². The first-order valence-electron chi connectivity index (χ1n) is 6.07. The zero-order valence-electron chi connectivity index (χ0n) is 11.3. The summed E-state index contributed by atoms with van der Waals surface area (Å²) >= 11 is 0. The van der Waals surface area contributed by atoms with Crippen molar-refractivity contribution in [2.45, 2.75) is 32.0 Å². The summed E-state index contributed by atoms with van der Waals surface area (Å²) in [5.41, 5.74) is 0. The molecule has 7 nitrogen and oxygen atoms in total. The predicted molar refractivity (Wildman–Crippen MR) is 64.3 cm³/mol. The molecule has 0 aromatic rings. The summed E-state index contributed by atoms with van der Waals surface area (Å²) in [6.45, 7) is 1.87. The van der Waals surface area contributed by atoms with Gasteiger partial charge in [0, 0.05) is 13.6 Å². The van der Waals surface area contributed by atoms with E-state index in [2.05, 4.69) is 4.74 Å². The summed E-state index contributed by atoms with van der Waals surface area (Å²) in [5, 5.41) is 8.79. The highest BCUT2D eigenvalue weighted by Gasteiger charge is 2.36. The van der Waals surface area contributed by atoms with Crippen LogP contribution < -0.4 is 0 Å². The van der Waals surface area contributed by atoms with Crippen molar-refractivity contribution in [1.82, 2.24) is 4.90 Å². The molecule has 1 rings (SSSR count). The number of carbonyl (C=O) groups excluding carboxylic acids is 2. The molecule has 1 aliphatic rings. The lowest BCUT2D eigenvalue weighted by Gasteiger charge is -2.23.